The van der Waals surface area contributed by atoms with Crippen molar-refractivity contribution in [1.29, 1.82) is 0 Å². The maximum atomic E-state index is 13.0. The van der Waals surface area contributed by atoms with E-state index in [1.807, 2.05) is 0 Å². The van der Waals surface area contributed by atoms with Crippen molar-refractivity contribution in [1.82, 2.24) is 30.3 Å². The van der Waals surface area contributed by atoms with Gasteiger partial charge in [0.1, 0.15) is 11.5 Å². The molecule has 2 N–H and O–H groups in total. The molecule has 0 saturated heterocycles. The SMILES string of the molecule is O=C(O)c1cncc(-n2cc(COCCOCCOCCNC(=O)c3cncc(F)c3)nn2)c1. The second-order valence-electron chi connectivity index (χ2n) is 6.82. The van der Waals surface area contributed by atoms with Gasteiger partial charge >= 0.3 is 5.97 Å². The number of halogens is 1. The predicted molar refractivity (Wildman–Crippen MR) is 114 cm³/mol. The lowest BCUT2D eigenvalue weighted by molar-refractivity contribution is 0.0106. The van der Waals surface area contributed by atoms with E-state index in [9.17, 15) is 14.0 Å². The standard InChI is InChI=1S/C21H23FN6O6/c22-17-7-15(9-23-11-17)20(29)25-1-2-32-3-4-33-5-6-34-14-18-13-28(27-26-18)19-8-16(21(30)31)10-24-12-19/h7-13H,1-6,14H2,(H,25,29)(H,30,31). The molecule has 0 saturated carbocycles. The smallest absolute Gasteiger partial charge is 0.337 e. The van der Waals surface area contributed by atoms with Crippen molar-refractivity contribution in [2.24, 2.45) is 0 Å². The first-order valence-corrected chi connectivity index (χ1v) is 10.2. The Balaban J connectivity index is 1.21. The van der Waals surface area contributed by atoms with Crippen LogP contribution in [-0.2, 0) is 20.8 Å². The second-order valence-corrected chi connectivity index (χ2v) is 6.82. The van der Waals surface area contributed by atoms with Crippen LogP contribution in [0.15, 0.2) is 43.1 Å². The van der Waals surface area contributed by atoms with Gasteiger partial charge in [-0.3, -0.25) is 14.8 Å². The van der Waals surface area contributed by atoms with E-state index in [1.165, 1.54) is 29.3 Å². The highest BCUT2D eigenvalue weighted by Gasteiger charge is 2.08. The number of amides is 1. The van der Waals surface area contributed by atoms with E-state index in [4.69, 9.17) is 19.3 Å². The van der Waals surface area contributed by atoms with Crippen molar-refractivity contribution < 1.29 is 33.3 Å². The summed E-state index contributed by atoms with van der Waals surface area (Å²) in [6, 6.07) is 2.55. The van der Waals surface area contributed by atoms with Crippen LogP contribution in [0, 0.1) is 5.82 Å². The van der Waals surface area contributed by atoms with E-state index in [0.29, 0.717) is 37.8 Å². The Morgan fingerprint density at radius 3 is 2.41 bits per heavy atom. The van der Waals surface area contributed by atoms with Crippen LogP contribution in [0.25, 0.3) is 5.69 Å². The first-order chi connectivity index (χ1) is 16.5. The molecule has 0 aliphatic rings. The minimum atomic E-state index is -1.08. The molecule has 34 heavy (non-hydrogen) atoms. The van der Waals surface area contributed by atoms with Gasteiger partial charge in [-0.05, 0) is 12.1 Å². The summed E-state index contributed by atoms with van der Waals surface area (Å²) in [7, 11) is 0. The average molecular weight is 474 g/mol. The number of carbonyl (C=O) groups is 2. The van der Waals surface area contributed by atoms with E-state index in [2.05, 4.69) is 25.6 Å². The van der Waals surface area contributed by atoms with Gasteiger partial charge in [0, 0.05) is 18.9 Å². The van der Waals surface area contributed by atoms with Crippen LogP contribution in [0.3, 0.4) is 0 Å². The van der Waals surface area contributed by atoms with Crippen LogP contribution in [0.4, 0.5) is 4.39 Å². The molecule has 3 rings (SSSR count). The van der Waals surface area contributed by atoms with E-state index in [0.717, 1.165) is 12.3 Å². The number of ether oxygens (including phenoxy) is 3. The molecular formula is C21H23FN6O6. The van der Waals surface area contributed by atoms with Crippen LogP contribution < -0.4 is 5.32 Å². The summed E-state index contributed by atoms with van der Waals surface area (Å²) in [5.74, 6) is -2.07. The molecule has 0 bridgehead atoms. The lowest BCUT2D eigenvalue weighted by Gasteiger charge is -2.07. The first kappa shape index (κ1) is 24.8. The maximum absolute atomic E-state index is 13.0. The minimum absolute atomic E-state index is 0.0538. The Morgan fingerprint density at radius 1 is 0.941 bits per heavy atom. The monoisotopic (exact) mass is 474 g/mol. The molecule has 0 aliphatic heterocycles. The summed E-state index contributed by atoms with van der Waals surface area (Å²) in [5.41, 5.74) is 1.25. The van der Waals surface area contributed by atoms with Gasteiger partial charge < -0.3 is 24.6 Å². The molecule has 13 heteroatoms. The quantitative estimate of drug-likeness (QED) is 0.322. The van der Waals surface area contributed by atoms with Crippen molar-refractivity contribution in [3.05, 3.63) is 65.8 Å². The van der Waals surface area contributed by atoms with Crippen LogP contribution in [0.1, 0.15) is 26.4 Å². The number of aromatic carboxylic acids is 1. The van der Waals surface area contributed by atoms with Gasteiger partial charge in [-0.1, -0.05) is 5.21 Å². The summed E-state index contributed by atoms with van der Waals surface area (Å²) in [6.07, 6.45) is 6.68. The molecule has 0 atom stereocenters. The van der Waals surface area contributed by atoms with Crippen LogP contribution in [-0.4, -0.2) is 81.5 Å². The fourth-order valence-corrected chi connectivity index (χ4v) is 2.65. The topological polar surface area (TPSA) is 151 Å². The summed E-state index contributed by atoms with van der Waals surface area (Å²) < 4.78 is 30.7. The van der Waals surface area contributed by atoms with Crippen molar-refractivity contribution in [3.8, 4) is 5.69 Å². The third-order valence-corrected chi connectivity index (χ3v) is 4.27. The summed E-state index contributed by atoms with van der Waals surface area (Å²) in [5, 5.41) is 19.6. The number of nitrogens with one attached hydrogen (secondary N) is 1. The average Bonchev–Trinajstić information content (AvgIpc) is 3.31. The molecule has 0 fully saturated rings. The predicted octanol–water partition coefficient (Wildman–Crippen LogP) is 0.874. The normalized spacial score (nSPS) is 10.9. The molecule has 0 aromatic carbocycles. The van der Waals surface area contributed by atoms with E-state index in [-0.39, 0.29) is 30.9 Å². The molecule has 3 aromatic heterocycles. The number of hydrogen-bond donors (Lipinski definition) is 2. The molecule has 3 aromatic rings. The molecule has 3 heterocycles. The van der Waals surface area contributed by atoms with Crippen molar-refractivity contribution in [2.45, 2.75) is 6.61 Å². The fourth-order valence-electron chi connectivity index (χ4n) is 2.65. The Kier molecular flexibility index (Phi) is 9.52. The number of nitrogens with zero attached hydrogens (tertiary/aromatic N) is 5. The Bertz CT molecular complexity index is 1090. The summed E-state index contributed by atoms with van der Waals surface area (Å²) in [4.78, 5) is 30.3. The zero-order valence-corrected chi connectivity index (χ0v) is 18.1. The van der Waals surface area contributed by atoms with Gasteiger partial charge in [0.25, 0.3) is 5.91 Å². The number of carboxylic acid groups (broad SMARTS) is 1. The third kappa shape index (κ3) is 7.95. The Labute approximate surface area is 193 Å². The fraction of sp³-hybridized carbons (Fsp3) is 0.333. The van der Waals surface area contributed by atoms with Gasteiger partial charge in [-0.2, -0.15) is 0 Å². The third-order valence-electron chi connectivity index (χ3n) is 4.27. The van der Waals surface area contributed by atoms with Gasteiger partial charge in [0.05, 0.1) is 75.0 Å². The van der Waals surface area contributed by atoms with E-state index >= 15 is 0 Å². The highest BCUT2D eigenvalue weighted by molar-refractivity contribution is 5.93. The molecule has 0 spiro atoms. The Hall–Kier alpha value is -3.81. The number of aromatic nitrogens is 5. The molecule has 1 amide bonds. The van der Waals surface area contributed by atoms with Gasteiger partial charge in [0.15, 0.2) is 0 Å². The summed E-state index contributed by atoms with van der Waals surface area (Å²) in [6.45, 7) is 2.16. The lowest BCUT2D eigenvalue weighted by Crippen LogP contribution is -2.27. The second kappa shape index (κ2) is 13.0. The van der Waals surface area contributed by atoms with Crippen molar-refractivity contribution in [2.75, 3.05) is 39.6 Å². The van der Waals surface area contributed by atoms with Gasteiger partial charge in [-0.25, -0.2) is 13.9 Å². The maximum Gasteiger partial charge on any atom is 0.337 e. The van der Waals surface area contributed by atoms with E-state index < -0.39 is 17.7 Å². The summed E-state index contributed by atoms with van der Waals surface area (Å²) >= 11 is 0. The number of carbonyl (C=O) groups excluding carboxylic acids is 1. The molecule has 0 radical (unpaired) electrons. The van der Waals surface area contributed by atoms with Crippen LogP contribution in [0.5, 0.6) is 0 Å². The zero-order valence-electron chi connectivity index (χ0n) is 18.1. The molecular weight excluding hydrogens is 451 g/mol. The van der Waals surface area contributed by atoms with Crippen molar-refractivity contribution >= 4 is 11.9 Å². The number of pyridine rings is 2. The molecule has 180 valence electrons. The molecule has 0 unspecified atom stereocenters. The van der Waals surface area contributed by atoms with E-state index in [1.54, 1.807) is 6.20 Å². The van der Waals surface area contributed by atoms with Gasteiger partial charge in [0.2, 0.25) is 0 Å². The van der Waals surface area contributed by atoms with Crippen molar-refractivity contribution in [3.63, 3.8) is 0 Å². The number of hydrogen-bond acceptors (Lipinski definition) is 9. The van der Waals surface area contributed by atoms with Crippen LogP contribution in [0.2, 0.25) is 0 Å². The minimum Gasteiger partial charge on any atom is -0.478 e. The van der Waals surface area contributed by atoms with Gasteiger partial charge in [-0.15, -0.1) is 5.10 Å². The zero-order chi connectivity index (χ0) is 24.2. The number of carboxylic acids is 1. The highest BCUT2D eigenvalue weighted by Crippen LogP contribution is 2.09. The number of rotatable bonds is 14. The molecule has 12 nitrogen and oxygen atoms in total. The molecule has 0 aliphatic carbocycles. The van der Waals surface area contributed by atoms with Crippen LogP contribution >= 0.6 is 0 Å². The lowest BCUT2D eigenvalue weighted by atomic mass is 10.2. The first-order valence-electron chi connectivity index (χ1n) is 10.2. The highest BCUT2D eigenvalue weighted by atomic mass is 19.1. The largest absolute Gasteiger partial charge is 0.478 e. The Morgan fingerprint density at radius 2 is 1.65 bits per heavy atom.